The Morgan fingerprint density at radius 2 is 1.71 bits per heavy atom. The molecule has 1 aliphatic rings. The van der Waals surface area contributed by atoms with E-state index < -0.39 is 0 Å². The summed E-state index contributed by atoms with van der Waals surface area (Å²) in [6, 6.07) is 8.59. The van der Waals surface area contributed by atoms with Gasteiger partial charge in [-0.1, -0.05) is 19.1 Å². The van der Waals surface area contributed by atoms with Gasteiger partial charge in [0.15, 0.2) is 0 Å². The summed E-state index contributed by atoms with van der Waals surface area (Å²) in [6.07, 6.45) is 2.59. The van der Waals surface area contributed by atoms with Crippen LogP contribution >= 0.6 is 0 Å². The third-order valence-corrected chi connectivity index (χ3v) is 4.08. The van der Waals surface area contributed by atoms with Gasteiger partial charge in [-0.3, -0.25) is 0 Å². The van der Waals surface area contributed by atoms with Crippen molar-refractivity contribution >= 4 is 5.69 Å². The van der Waals surface area contributed by atoms with Crippen LogP contribution in [0.3, 0.4) is 0 Å². The standard InChI is InChI=1S/C16H23N5/c1-12(2)16-15(11-17)18-19-21(16)14-7-5-13(6-8-14)20-9-3-4-10-20/h5-8,12H,3-4,9-11,17H2,1-2H3. The molecule has 0 saturated carbocycles. The van der Waals surface area contributed by atoms with E-state index in [4.69, 9.17) is 5.73 Å². The Kier molecular flexibility index (Phi) is 3.92. The average Bonchev–Trinajstić information content (AvgIpc) is 3.16. The van der Waals surface area contributed by atoms with Gasteiger partial charge in [-0.25, -0.2) is 4.68 Å². The van der Waals surface area contributed by atoms with E-state index in [-0.39, 0.29) is 0 Å². The zero-order valence-corrected chi connectivity index (χ0v) is 12.8. The fourth-order valence-corrected chi connectivity index (χ4v) is 3.01. The molecule has 21 heavy (non-hydrogen) atoms. The van der Waals surface area contributed by atoms with E-state index in [1.54, 1.807) is 0 Å². The maximum atomic E-state index is 5.76. The summed E-state index contributed by atoms with van der Waals surface area (Å²) in [7, 11) is 0. The van der Waals surface area contributed by atoms with Crippen LogP contribution in [0.4, 0.5) is 5.69 Å². The molecule has 1 fully saturated rings. The minimum Gasteiger partial charge on any atom is -0.372 e. The van der Waals surface area contributed by atoms with Crippen molar-refractivity contribution in [3.05, 3.63) is 35.7 Å². The number of anilines is 1. The second-order valence-electron chi connectivity index (χ2n) is 5.90. The van der Waals surface area contributed by atoms with Gasteiger partial charge in [-0.05, 0) is 43.0 Å². The Balaban J connectivity index is 1.92. The monoisotopic (exact) mass is 285 g/mol. The van der Waals surface area contributed by atoms with Crippen molar-refractivity contribution in [3.8, 4) is 5.69 Å². The topological polar surface area (TPSA) is 60.0 Å². The van der Waals surface area contributed by atoms with E-state index in [0.717, 1.165) is 30.2 Å². The summed E-state index contributed by atoms with van der Waals surface area (Å²) in [5.41, 5.74) is 10.1. The molecular weight excluding hydrogens is 262 g/mol. The second kappa shape index (κ2) is 5.85. The second-order valence-corrected chi connectivity index (χ2v) is 5.90. The number of hydrogen-bond donors (Lipinski definition) is 1. The molecule has 0 amide bonds. The Morgan fingerprint density at radius 3 is 2.29 bits per heavy atom. The zero-order valence-electron chi connectivity index (χ0n) is 12.8. The summed E-state index contributed by atoms with van der Waals surface area (Å²) >= 11 is 0. The lowest BCUT2D eigenvalue weighted by molar-refractivity contribution is 0.714. The van der Waals surface area contributed by atoms with Crippen molar-refractivity contribution in [2.24, 2.45) is 5.73 Å². The Hall–Kier alpha value is -1.88. The smallest absolute Gasteiger partial charge is 0.100 e. The molecule has 112 valence electrons. The van der Waals surface area contributed by atoms with Crippen LogP contribution in [-0.2, 0) is 6.54 Å². The van der Waals surface area contributed by atoms with Gasteiger partial charge >= 0.3 is 0 Å². The van der Waals surface area contributed by atoms with Crippen LogP contribution in [0.15, 0.2) is 24.3 Å². The van der Waals surface area contributed by atoms with Crippen LogP contribution in [0.2, 0.25) is 0 Å². The van der Waals surface area contributed by atoms with Gasteiger partial charge in [0.1, 0.15) is 5.69 Å². The lowest BCUT2D eigenvalue weighted by atomic mass is 10.1. The highest BCUT2D eigenvalue weighted by molar-refractivity contribution is 5.51. The van der Waals surface area contributed by atoms with Gasteiger partial charge in [0.25, 0.3) is 0 Å². The Labute approximate surface area is 125 Å². The summed E-state index contributed by atoms with van der Waals surface area (Å²) in [4.78, 5) is 2.43. The van der Waals surface area contributed by atoms with E-state index in [1.165, 1.54) is 18.5 Å². The molecule has 0 spiro atoms. The van der Waals surface area contributed by atoms with Gasteiger partial charge in [-0.15, -0.1) is 5.10 Å². The molecule has 1 saturated heterocycles. The normalized spacial score (nSPS) is 15.1. The minimum atomic E-state index is 0.344. The fourth-order valence-electron chi connectivity index (χ4n) is 3.01. The molecule has 5 heteroatoms. The van der Waals surface area contributed by atoms with E-state index in [9.17, 15) is 0 Å². The molecule has 0 radical (unpaired) electrons. The maximum Gasteiger partial charge on any atom is 0.100 e. The van der Waals surface area contributed by atoms with Gasteiger partial charge < -0.3 is 10.6 Å². The molecule has 1 aromatic carbocycles. The van der Waals surface area contributed by atoms with Crippen molar-refractivity contribution in [2.45, 2.75) is 39.2 Å². The minimum absolute atomic E-state index is 0.344. The number of nitrogens with two attached hydrogens (primary N) is 1. The van der Waals surface area contributed by atoms with Crippen LogP contribution < -0.4 is 10.6 Å². The molecule has 1 aliphatic heterocycles. The fraction of sp³-hybridized carbons (Fsp3) is 0.500. The first kappa shape index (κ1) is 14.1. The van der Waals surface area contributed by atoms with Crippen molar-refractivity contribution in [1.29, 1.82) is 0 Å². The molecule has 3 rings (SSSR count). The van der Waals surface area contributed by atoms with Crippen LogP contribution in [-0.4, -0.2) is 28.1 Å². The van der Waals surface area contributed by atoms with E-state index in [2.05, 4.69) is 53.3 Å². The predicted molar refractivity (Wildman–Crippen MR) is 84.8 cm³/mol. The lowest BCUT2D eigenvalue weighted by Crippen LogP contribution is -2.17. The molecule has 5 nitrogen and oxygen atoms in total. The summed E-state index contributed by atoms with van der Waals surface area (Å²) in [5, 5.41) is 8.49. The van der Waals surface area contributed by atoms with Gasteiger partial charge in [0.05, 0.1) is 11.4 Å². The largest absolute Gasteiger partial charge is 0.372 e. The van der Waals surface area contributed by atoms with E-state index in [0.29, 0.717) is 12.5 Å². The van der Waals surface area contributed by atoms with Crippen molar-refractivity contribution in [3.63, 3.8) is 0 Å². The van der Waals surface area contributed by atoms with Crippen molar-refractivity contribution < 1.29 is 0 Å². The first-order chi connectivity index (χ1) is 10.2. The number of hydrogen-bond acceptors (Lipinski definition) is 4. The molecule has 2 N–H and O–H groups in total. The molecular formula is C16H23N5. The quantitative estimate of drug-likeness (QED) is 0.937. The molecule has 0 aliphatic carbocycles. The first-order valence-electron chi connectivity index (χ1n) is 7.70. The molecule has 0 atom stereocenters. The number of benzene rings is 1. The molecule has 2 heterocycles. The molecule has 0 bridgehead atoms. The third kappa shape index (κ3) is 2.65. The third-order valence-electron chi connectivity index (χ3n) is 4.08. The predicted octanol–water partition coefficient (Wildman–Crippen LogP) is 2.45. The average molecular weight is 285 g/mol. The highest BCUT2D eigenvalue weighted by Gasteiger charge is 2.17. The highest BCUT2D eigenvalue weighted by Crippen LogP contribution is 2.24. The summed E-state index contributed by atoms with van der Waals surface area (Å²) < 4.78 is 1.92. The Bertz CT molecular complexity index is 594. The van der Waals surface area contributed by atoms with Gasteiger partial charge in [0, 0.05) is 25.3 Å². The molecule has 2 aromatic rings. The van der Waals surface area contributed by atoms with Crippen LogP contribution in [0.5, 0.6) is 0 Å². The lowest BCUT2D eigenvalue weighted by Gasteiger charge is -2.18. The van der Waals surface area contributed by atoms with Crippen LogP contribution in [0, 0.1) is 0 Å². The zero-order chi connectivity index (χ0) is 14.8. The number of rotatable bonds is 4. The van der Waals surface area contributed by atoms with Crippen molar-refractivity contribution in [2.75, 3.05) is 18.0 Å². The van der Waals surface area contributed by atoms with Crippen molar-refractivity contribution in [1.82, 2.24) is 15.0 Å². The van der Waals surface area contributed by atoms with Crippen LogP contribution in [0.25, 0.3) is 5.69 Å². The number of aromatic nitrogens is 3. The van der Waals surface area contributed by atoms with Gasteiger partial charge in [0.2, 0.25) is 0 Å². The SMILES string of the molecule is CC(C)c1c(CN)nnn1-c1ccc(N2CCCC2)cc1. The highest BCUT2D eigenvalue weighted by atomic mass is 15.4. The summed E-state index contributed by atoms with van der Waals surface area (Å²) in [6.45, 7) is 7.05. The van der Waals surface area contributed by atoms with Crippen LogP contribution in [0.1, 0.15) is 44.0 Å². The van der Waals surface area contributed by atoms with Gasteiger partial charge in [-0.2, -0.15) is 0 Å². The molecule has 1 aromatic heterocycles. The van der Waals surface area contributed by atoms with E-state index in [1.807, 2.05) is 4.68 Å². The Morgan fingerprint density at radius 1 is 1.10 bits per heavy atom. The maximum absolute atomic E-state index is 5.76. The summed E-state index contributed by atoms with van der Waals surface area (Å²) in [5.74, 6) is 0.344. The van der Waals surface area contributed by atoms with E-state index >= 15 is 0 Å². The first-order valence-corrected chi connectivity index (χ1v) is 7.70. The molecule has 0 unspecified atom stereocenters. The number of nitrogens with zero attached hydrogens (tertiary/aromatic N) is 4.